The molecule has 1 aliphatic heterocycles. The zero-order valence-corrected chi connectivity index (χ0v) is 16.4. The Morgan fingerprint density at radius 1 is 1.20 bits per heavy atom. The Labute approximate surface area is 171 Å². The number of amides is 4. The molecule has 1 fully saturated rings. The average Bonchev–Trinajstić information content (AvgIpc) is 3.24. The molecule has 1 saturated heterocycles. The maximum atomic E-state index is 13.2. The van der Waals surface area contributed by atoms with Crippen LogP contribution in [0.15, 0.2) is 59.0 Å². The van der Waals surface area contributed by atoms with Crippen LogP contribution in [0.4, 0.5) is 9.18 Å². The predicted octanol–water partition coefficient (Wildman–Crippen LogP) is 3.22. The highest BCUT2D eigenvalue weighted by Crippen LogP contribution is 2.29. The molecule has 0 unspecified atom stereocenters. The van der Waals surface area contributed by atoms with E-state index in [2.05, 4.69) is 10.6 Å². The van der Waals surface area contributed by atoms with Crippen LogP contribution in [-0.4, -0.2) is 29.3 Å². The fourth-order valence-corrected chi connectivity index (χ4v) is 3.54. The van der Waals surface area contributed by atoms with Crippen LogP contribution in [0.5, 0.6) is 0 Å². The van der Waals surface area contributed by atoms with Crippen LogP contribution >= 0.6 is 0 Å². The number of para-hydroxylation sites is 1. The van der Waals surface area contributed by atoms with Crippen molar-refractivity contribution in [1.29, 1.82) is 0 Å². The van der Waals surface area contributed by atoms with Crippen LogP contribution in [0, 0.1) is 5.82 Å². The molecule has 4 amide bonds. The van der Waals surface area contributed by atoms with Crippen molar-refractivity contribution < 1.29 is 23.2 Å². The largest absolute Gasteiger partial charge is 0.459 e. The first kappa shape index (κ1) is 19.6. The van der Waals surface area contributed by atoms with Gasteiger partial charge in [0.15, 0.2) is 0 Å². The minimum absolute atomic E-state index is 0.431. The Morgan fingerprint density at radius 3 is 2.60 bits per heavy atom. The summed E-state index contributed by atoms with van der Waals surface area (Å²) >= 11 is 0. The number of hydrogen-bond donors (Lipinski definition) is 2. The summed E-state index contributed by atoms with van der Waals surface area (Å²) in [6, 6.07) is 13.5. The highest BCUT2D eigenvalue weighted by molar-refractivity contribution is 6.09. The molecule has 2 atom stereocenters. The quantitative estimate of drug-likeness (QED) is 0.633. The number of nitrogens with zero attached hydrogens (tertiary/aromatic N) is 1. The number of imide groups is 1. The Bertz CT molecular complexity index is 1110. The number of carbonyl (C=O) groups is 3. The first-order chi connectivity index (χ1) is 14.3. The monoisotopic (exact) mass is 409 g/mol. The van der Waals surface area contributed by atoms with Gasteiger partial charge >= 0.3 is 6.03 Å². The molecule has 3 aromatic rings. The summed E-state index contributed by atoms with van der Waals surface area (Å²) in [6.07, 6.45) is 0. The van der Waals surface area contributed by atoms with Crippen LogP contribution < -0.4 is 10.6 Å². The van der Waals surface area contributed by atoms with Gasteiger partial charge in [-0.25, -0.2) is 9.18 Å². The maximum Gasteiger partial charge on any atom is 0.325 e. The standard InChI is InChI=1S/C22H20FN3O4/c1-13(18-11-14-5-3-4-6-17(14)30-18)24-19(27)12-26-20(28)22(2,25-21(26)29)15-7-9-16(23)10-8-15/h3-11,13H,12H2,1-2H3,(H,24,27)(H,25,29)/t13-,22+/m1/s1. The van der Waals surface area contributed by atoms with Crippen LogP contribution in [0.3, 0.4) is 0 Å². The van der Waals surface area contributed by atoms with Crippen molar-refractivity contribution in [2.75, 3.05) is 6.54 Å². The highest BCUT2D eigenvalue weighted by atomic mass is 19.1. The second kappa shape index (κ2) is 7.29. The number of halogens is 1. The van der Waals surface area contributed by atoms with E-state index in [1.54, 1.807) is 6.92 Å². The third-order valence-corrected chi connectivity index (χ3v) is 5.25. The van der Waals surface area contributed by atoms with Gasteiger partial charge in [-0.15, -0.1) is 0 Å². The van der Waals surface area contributed by atoms with Crippen molar-refractivity contribution in [3.05, 3.63) is 71.7 Å². The van der Waals surface area contributed by atoms with Gasteiger partial charge in [0.05, 0.1) is 6.04 Å². The molecule has 0 bridgehead atoms. The zero-order chi connectivity index (χ0) is 21.5. The predicted molar refractivity (Wildman–Crippen MR) is 107 cm³/mol. The summed E-state index contributed by atoms with van der Waals surface area (Å²) in [4.78, 5) is 38.6. The SMILES string of the molecule is C[C@@H](NC(=O)CN1C(=O)N[C@@](C)(c2ccc(F)cc2)C1=O)c1cc2ccccc2o1. The lowest BCUT2D eigenvalue weighted by atomic mass is 9.92. The lowest BCUT2D eigenvalue weighted by Crippen LogP contribution is -2.43. The molecule has 1 aliphatic rings. The Kier molecular flexibility index (Phi) is 4.77. The topological polar surface area (TPSA) is 91.7 Å². The summed E-state index contributed by atoms with van der Waals surface area (Å²) in [5.41, 5.74) is -0.228. The molecular formula is C22H20FN3O4. The van der Waals surface area contributed by atoms with Gasteiger partial charge in [0, 0.05) is 5.39 Å². The van der Waals surface area contributed by atoms with E-state index in [0.29, 0.717) is 16.9 Å². The molecule has 7 nitrogen and oxygen atoms in total. The summed E-state index contributed by atoms with van der Waals surface area (Å²) in [7, 11) is 0. The first-order valence-corrected chi connectivity index (χ1v) is 9.46. The Balaban J connectivity index is 1.45. The Morgan fingerprint density at radius 2 is 1.90 bits per heavy atom. The van der Waals surface area contributed by atoms with Crippen molar-refractivity contribution in [1.82, 2.24) is 15.5 Å². The molecule has 30 heavy (non-hydrogen) atoms. The van der Waals surface area contributed by atoms with Crippen molar-refractivity contribution >= 4 is 28.8 Å². The van der Waals surface area contributed by atoms with Crippen LogP contribution in [0.25, 0.3) is 11.0 Å². The molecule has 0 aliphatic carbocycles. The number of hydrogen-bond acceptors (Lipinski definition) is 4. The van der Waals surface area contributed by atoms with E-state index in [1.807, 2.05) is 30.3 Å². The van der Waals surface area contributed by atoms with Crippen molar-refractivity contribution in [3.63, 3.8) is 0 Å². The molecule has 1 aromatic heterocycles. The van der Waals surface area contributed by atoms with Gasteiger partial charge in [0.1, 0.15) is 29.2 Å². The average molecular weight is 409 g/mol. The van der Waals surface area contributed by atoms with Crippen molar-refractivity contribution in [2.45, 2.75) is 25.4 Å². The second-order valence-electron chi connectivity index (χ2n) is 7.43. The highest BCUT2D eigenvalue weighted by Gasteiger charge is 2.49. The third-order valence-electron chi connectivity index (χ3n) is 5.25. The molecular weight excluding hydrogens is 389 g/mol. The zero-order valence-electron chi connectivity index (χ0n) is 16.4. The van der Waals surface area contributed by atoms with Gasteiger partial charge in [-0.3, -0.25) is 14.5 Å². The smallest absolute Gasteiger partial charge is 0.325 e. The number of furan rings is 1. The fourth-order valence-electron chi connectivity index (χ4n) is 3.54. The lowest BCUT2D eigenvalue weighted by molar-refractivity contribution is -0.135. The normalized spacial score (nSPS) is 19.8. The third kappa shape index (κ3) is 3.41. The second-order valence-corrected chi connectivity index (χ2v) is 7.43. The van der Waals surface area contributed by atoms with E-state index in [-0.39, 0.29) is 0 Å². The van der Waals surface area contributed by atoms with Gasteiger partial charge in [0.2, 0.25) is 5.91 Å². The van der Waals surface area contributed by atoms with E-state index in [9.17, 15) is 18.8 Å². The molecule has 2 aromatic carbocycles. The van der Waals surface area contributed by atoms with Crippen LogP contribution in [0.2, 0.25) is 0 Å². The minimum Gasteiger partial charge on any atom is -0.459 e. The molecule has 2 heterocycles. The van der Waals surface area contributed by atoms with E-state index in [1.165, 1.54) is 31.2 Å². The summed E-state index contributed by atoms with van der Waals surface area (Å²) in [5.74, 6) is -0.965. The fraction of sp³-hybridized carbons (Fsp3) is 0.227. The molecule has 0 saturated carbocycles. The van der Waals surface area contributed by atoms with Gasteiger partial charge < -0.3 is 15.1 Å². The number of fused-ring (bicyclic) bond motifs is 1. The van der Waals surface area contributed by atoms with E-state index in [0.717, 1.165) is 10.3 Å². The van der Waals surface area contributed by atoms with E-state index in [4.69, 9.17) is 4.42 Å². The number of nitrogens with one attached hydrogen (secondary N) is 2. The van der Waals surface area contributed by atoms with Crippen molar-refractivity contribution in [3.8, 4) is 0 Å². The molecule has 2 N–H and O–H groups in total. The molecule has 0 radical (unpaired) electrons. The van der Waals surface area contributed by atoms with E-state index < -0.39 is 41.8 Å². The molecule has 4 rings (SSSR count). The maximum absolute atomic E-state index is 13.2. The number of urea groups is 1. The minimum atomic E-state index is -1.37. The number of rotatable bonds is 5. The van der Waals surface area contributed by atoms with Gasteiger partial charge in [0.25, 0.3) is 5.91 Å². The Hall–Kier alpha value is -3.68. The lowest BCUT2D eigenvalue weighted by Gasteiger charge is -2.22. The van der Waals surface area contributed by atoms with Crippen LogP contribution in [0.1, 0.15) is 31.2 Å². The molecule has 0 spiro atoms. The summed E-state index contributed by atoms with van der Waals surface area (Å²) in [6.45, 7) is 2.84. The summed E-state index contributed by atoms with van der Waals surface area (Å²) in [5, 5.41) is 6.25. The van der Waals surface area contributed by atoms with E-state index >= 15 is 0 Å². The van der Waals surface area contributed by atoms with Gasteiger partial charge in [-0.2, -0.15) is 0 Å². The summed E-state index contributed by atoms with van der Waals surface area (Å²) < 4.78 is 18.9. The van der Waals surface area contributed by atoms with Gasteiger partial charge in [-0.05, 0) is 43.7 Å². The van der Waals surface area contributed by atoms with Crippen LogP contribution in [-0.2, 0) is 15.1 Å². The van der Waals surface area contributed by atoms with Gasteiger partial charge in [-0.1, -0.05) is 30.3 Å². The molecule has 8 heteroatoms. The number of benzene rings is 2. The molecule has 154 valence electrons. The number of carbonyl (C=O) groups excluding carboxylic acids is 3. The van der Waals surface area contributed by atoms with Crippen molar-refractivity contribution in [2.24, 2.45) is 0 Å². The first-order valence-electron chi connectivity index (χ1n) is 9.46.